The van der Waals surface area contributed by atoms with Gasteiger partial charge >= 0.3 is 6.03 Å². The number of aryl methyl sites for hydroxylation is 1. The number of morpholine rings is 1. The predicted molar refractivity (Wildman–Crippen MR) is 86.1 cm³/mol. The fraction of sp³-hybridized carbons (Fsp3) is 0.733. The molecule has 0 radical (unpaired) electrons. The van der Waals surface area contributed by atoms with Crippen molar-refractivity contribution in [3.05, 3.63) is 16.1 Å². The Kier molecular flexibility index (Phi) is 5.28. The first-order valence-electron chi connectivity index (χ1n) is 8.05. The van der Waals surface area contributed by atoms with Crippen LogP contribution < -0.4 is 10.6 Å². The largest absolute Gasteiger partial charge is 0.373 e. The van der Waals surface area contributed by atoms with Gasteiger partial charge in [0.1, 0.15) is 5.01 Å². The fourth-order valence-corrected chi connectivity index (χ4v) is 3.83. The molecule has 122 valence electrons. The third-order valence-corrected chi connectivity index (χ3v) is 5.44. The first-order valence-corrected chi connectivity index (χ1v) is 8.87. The number of carbonyl (C=O) groups excluding carboxylic acids is 1. The van der Waals surface area contributed by atoms with Crippen molar-refractivity contribution in [3.8, 4) is 0 Å². The fourth-order valence-electron chi connectivity index (χ4n) is 3.03. The van der Waals surface area contributed by atoms with Crippen molar-refractivity contribution >= 4 is 17.4 Å². The van der Waals surface area contributed by atoms with Gasteiger partial charge in [0.25, 0.3) is 0 Å². The number of nitrogens with zero attached hydrogens (tertiary/aromatic N) is 2. The molecule has 2 saturated heterocycles. The zero-order valence-electron chi connectivity index (χ0n) is 13.0. The van der Waals surface area contributed by atoms with Gasteiger partial charge in [0, 0.05) is 30.2 Å². The Morgan fingerprint density at radius 1 is 1.55 bits per heavy atom. The number of thiazole rings is 1. The molecule has 0 spiro atoms. The van der Waals surface area contributed by atoms with E-state index in [1.807, 2.05) is 6.20 Å². The van der Waals surface area contributed by atoms with Crippen LogP contribution in [-0.4, -0.2) is 54.3 Å². The summed E-state index contributed by atoms with van der Waals surface area (Å²) in [5, 5.41) is 6.69. The molecular weight excluding hydrogens is 300 g/mol. The third kappa shape index (κ3) is 3.97. The van der Waals surface area contributed by atoms with Crippen LogP contribution in [0.25, 0.3) is 0 Å². The number of rotatable bonds is 5. The van der Waals surface area contributed by atoms with Crippen molar-refractivity contribution in [1.29, 1.82) is 0 Å². The number of carbonyl (C=O) groups is 1. The van der Waals surface area contributed by atoms with Gasteiger partial charge in [-0.05, 0) is 25.8 Å². The van der Waals surface area contributed by atoms with Crippen LogP contribution in [0.1, 0.15) is 29.7 Å². The Hall–Kier alpha value is -1.18. The number of hydrogen-bond donors (Lipinski definition) is 2. The minimum absolute atomic E-state index is 0.103. The Balaban J connectivity index is 1.35. The van der Waals surface area contributed by atoms with E-state index >= 15 is 0 Å². The number of amides is 2. The molecule has 2 aliphatic heterocycles. The molecule has 2 N–H and O–H groups in total. The maximum atomic E-state index is 11.8. The van der Waals surface area contributed by atoms with Crippen LogP contribution in [-0.2, 0) is 17.7 Å². The lowest BCUT2D eigenvalue weighted by Crippen LogP contribution is -2.51. The Morgan fingerprint density at radius 3 is 3.27 bits per heavy atom. The summed E-state index contributed by atoms with van der Waals surface area (Å²) in [5.41, 5.74) is 0. The molecule has 0 bridgehead atoms. The van der Waals surface area contributed by atoms with E-state index in [1.165, 1.54) is 24.3 Å². The number of urea groups is 1. The Bertz CT molecular complexity index is 507. The van der Waals surface area contributed by atoms with Crippen LogP contribution >= 0.6 is 11.3 Å². The van der Waals surface area contributed by atoms with Gasteiger partial charge in [0.05, 0.1) is 19.3 Å². The highest BCUT2D eigenvalue weighted by Crippen LogP contribution is 2.22. The summed E-state index contributed by atoms with van der Waals surface area (Å²) in [6.45, 7) is 6.04. The minimum Gasteiger partial charge on any atom is -0.373 e. The van der Waals surface area contributed by atoms with Crippen LogP contribution in [0.2, 0.25) is 0 Å². The van der Waals surface area contributed by atoms with Gasteiger partial charge in [-0.1, -0.05) is 6.92 Å². The molecule has 3 rings (SSSR count). The lowest BCUT2D eigenvalue weighted by Gasteiger charge is -2.35. The lowest BCUT2D eigenvalue weighted by molar-refractivity contribution is -0.0457. The Labute approximate surface area is 135 Å². The molecule has 0 aromatic carbocycles. The standard InChI is InChI=1S/C15H24N4O2S/c1-2-13-7-16-14(22-13)8-18-15(20)17-6-12-9-19-5-3-4-11(19)10-21-12/h7,11-12H,2-6,8-10H2,1H3,(H2,17,18,20)/t11-,12-/m0/s1. The van der Waals surface area contributed by atoms with E-state index in [9.17, 15) is 4.79 Å². The summed E-state index contributed by atoms with van der Waals surface area (Å²) in [7, 11) is 0. The molecule has 2 atom stereocenters. The monoisotopic (exact) mass is 324 g/mol. The molecule has 2 aliphatic rings. The SMILES string of the molecule is CCc1cnc(CNC(=O)NC[C@H]2CN3CCC[C@H]3CO2)s1. The van der Waals surface area contributed by atoms with E-state index in [0.29, 0.717) is 19.1 Å². The van der Waals surface area contributed by atoms with Crippen LogP contribution in [0.15, 0.2) is 6.20 Å². The summed E-state index contributed by atoms with van der Waals surface area (Å²) in [6.07, 6.45) is 5.48. The predicted octanol–water partition coefficient (Wildman–Crippen LogP) is 1.37. The second kappa shape index (κ2) is 7.39. The second-order valence-electron chi connectivity index (χ2n) is 5.88. The van der Waals surface area contributed by atoms with Crippen molar-refractivity contribution in [2.24, 2.45) is 0 Å². The van der Waals surface area contributed by atoms with Gasteiger partial charge in [-0.2, -0.15) is 0 Å². The van der Waals surface area contributed by atoms with Gasteiger partial charge in [-0.15, -0.1) is 11.3 Å². The van der Waals surface area contributed by atoms with E-state index in [0.717, 1.165) is 24.6 Å². The van der Waals surface area contributed by atoms with Gasteiger partial charge in [0.15, 0.2) is 0 Å². The van der Waals surface area contributed by atoms with E-state index in [4.69, 9.17) is 4.74 Å². The molecule has 7 heteroatoms. The van der Waals surface area contributed by atoms with E-state index in [2.05, 4.69) is 27.4 Å². The van der Waals surface area contributed by atoms with Gasteiger partial charge < -0.3 is 15.4 Å². The molecule has 0 unspecified atom stereocenters. The first kappa shape index (κ1) is 15.7. The average Bonchev–Trinajstić information content (AvgIpc) is 3.19. The molecule has 2 fully saturated rings. The summed E-state index contributed by atoms with van der Waals surface area (Å²) < 4.78 is 5.83. The summed E-state index contributed by atoms with van der Waals surface area (Å²) >= 11 is 1.65. The van der Waals surface area contributed by atoms with Crippen LogP contribution in [0, 0.1) is 0 Å². The quantitative estimate of drug-likeness (QED) is 0.858. The number of nitrogens with one attached hydrogen (secondary N) is 2. The number of ether oxygens (including phenoxy) is 1. The van der Waals surface area contributed by atoms with Crippen molar-refractivity contribution in [3.63, 3.8) is 0 Å². The Morgan fingerprint density at radius 2 is 2.45 bits per heavy atom. The van der Waals surface area contributed by atoms with Crippen molar-refractivity contribution < 1.29 is 9.53 Å². The zero-order valence-corrected chi connectivity index (χ0v) is 13.8. The smallest absolute Gasteiger partial charge is 0.315 e. The highest BCUT2D eigenvalue weighted by molar-refractivity contribution is 7.11. The van der Waals surface area contributed by atoms with Gasteiger partial charge in [-0.3, -0.25) is 4.90 Å². The van der Waals surface area contributed by atoms with E-state index in [1.54, 1.807) is 11.3 Å². The minimum atomic E-state index is -0.152. The number of aromatic nitrogens is 1. The molecular formula is C15H24N4O2S. The first-order chi connectivity index (χ1) is 10.7. The van der Waals surface area contributed by atoms with E-state index < -0.39 is 0 Å². The molecule has 1 aromatic heterocycles. The lowest BCUT2D eigenvalue weighted by atomic mass is 10.2. The summed E-state index contributed by atoms with van der Waals surface area (Å²) in [4.78, 5) is 19.9. The highest BCUT2D eigenvalue weighted by Gasteiger charge is 2.32. The summed E-state index contributed by atoms with van der Waals surface area (Å²) in [5.74, 6) is 0. The van der Waals surface area contributed by atoms with Crippen molar-refractivity contribution in [1.82, 2.24) is 20.5 Å². The molecule has 2 amide bonds. The number of hydrogen-bond acceptors (Lipinski definition) is 5. The second-order valence-corrected chi connectivity index (χ2v) is 7.08. The van der Waals surface area contributed by atoms with Crippen LogP contribution in [0.3, 0.4) is 0 Å². The normalized spacial score (nSPS) is 25.0. The summed E-state index contributed by atoms with van der Waals surface area (Å²) in [6, 6.07) is 0.447. The van der Waals surface area contributed by atoms with Crippen LogP contribution in [0.4, 0.5) is 4.79 Å². The van der Waals surface area contributed by atoms with E-state index in [-0.39, 0.29) is 12.1 Å². The van der Waals surface area contributed by atoms with Crippen molar-refractivity contribution in [2.75, 3.05) is 26.2 Å². The highest BCUT2D eigenvalue weighted by atomic mass is 32.1. The maximum absolute atomic E-state index is 11.8. The average molecular weight is 324 g/mol. The molecule has 0 saturated carbocycles. The van der Waals surface area contributed by atoms with Gasteiger partial charge in [-0.25, -0.2) is 9.78 Å². The van der Waals surface area contributed by atoms with Crippen LogP contribution in [0.5, 0.6) is 0 Å². The van der Waals surface area contributed by atoms with Crippen molar-refractivity contribution in [2.45, 2.75) is 44.9 Å². The zero-order chi connectivity index (χ0) is 15.4. The number of fused-ring (bicyclic) bond motifs is 1. The maximum Gasteiger partial charge on any atom is 0.315 e. The topological polar surface area (TPSA) is 66.5 Å². The third-order valence-electron chi connectivity index (χ3n) is 4.30. The molecule has 1 aromatic rings. The molecule has 22 heavy (non-hydrogen) atoms. The van der Waals surface area contributed by atoms with Gasteiger partial charge in [0.2, 0.25) is 0 Å². The molecule has 6 nitrogen and oxygen atoms in total. The molecule has 3 heterocycles. The molecule has 0 aliphatic carbocycles.